The third kappa shape index (κ3) is 5.03. The van der Waals surface area contributed by atoms with Crippen molar-refractivity contribution in [2.75, 3.05) is 45.9 Å². The molecule has 6 heteroatoms. The first-order valence-corrected chi connectivity index (χ1v) is 9.91. The van der Waals surface area contributed by atoms with Gasteiger partial charge >= 0.3 is 0 Å². The van der Waals surface area contributed by atoms with Crippen LogP contribution in [-0.4, -0.2) is 72.5 Å². The standard InChI is InChI=1S/C19H34N2O2.2ClH/c1-2-20-3-5-21(6-4-20)13-18(22)14-23-19-10-15-7-16(11-19)9-17(8-15)12-19;;/h15-18,22H,2-14H2,1H3;2*1H. The summed E-state index contributed by atoms with van der Waals surface area (Å²) in [7, 11) is 0. The molecule has 25 heavy (non-hydrogen) atoms. The first-order valence-electron chi connectivity index (χ1n) is 9.91. The van der Waals surface area contributed by atoms with Crippen LogP contribution in [-0.2, 0) is 4.74 Å². The van der Waals surface area contributed by atoms with Gasteiger partial charge in [-0.1, -0.05) is 6.92 Å². The van der Waals surface area contributed by atoms with E-state index >= 15 is 0 Å². The number of ether oxygens (including phenoxy) is 1. The van der Waals surface area contributed by atoms with Crippen molar-refractivity contribution in [3.8, 4) is 0 Å². The molecule has 1 N–H and O–H groups in total. The zero-order chi connectivity index (χ0) is 15.9. The van der Waals surface area contributed by atoms with E-state index in [1.807, 2.05) is 0 Å². The fraction of sp³-hybridized carbons (Fsp3) is 1.00. The Bertz CT molecular complexity index is 381. The van der Waals surface area contributed by atoms with Gasteiger partial charge in [-0.2, -0.15) is 0 Å². The maximum Gasteiger partial charge on any atom is 0.0900 e. The highest BCUT2D eigenvalue weighted by Crippen LogP contribution is 2.57. The number of piperazine rings is 1. The highest BCUT2D eigenvalue weighted by Gasteiger charge is 2.51. The van der Waals surface area contributed by atoms with Gasteiger partial charge in [-0.3, -0.25) is 4.90 Å². The van der Waals surface area contributed by atoms with E-state index in [0.717, 1.165) is 57.0 Å². The number of rotatable bonds is 6. The Balaban J connectivity index is 0.00000113. The molecule has 1 aliphatic heterocycles. The molecule has 0 radical (unpaired) electrons. The van der Waals surface area contributed by atoms with Crippen LogP contribution in [0.3, 0.4) is 0 Å². The predicted octanol–water partition coefficient (Wildman–Crippen LogP) is 2.81. The number of aliphatic hydroxyl groups is 1. The largest absolute Gasteiger partial charge is 0.389 e. The molecule has 4 bridgehead atoms. The Morgan fingerprint density at radius 3 is 1.88 bits per heavy atom. The first-order chi connectivity index (χ1) is 11.1. The van der Waals surface area contributed by atoms with Crippen LogP contribution < -0.4 is 0 Å². The van der Waals surface area contributed by atoms with Crippen molar-refractivity contribution >= 4 is 24.8 Å². The van der Waals surface area contributed by atoms with Crippen LogP contribution in [0.2, 0.25) is 0 Å². The Kier molecular flexibility index (Phi) is 7.88. The highest BCUT2D eigenvalue weighted by molar-refractivity contribution is 5.85. The van der Waals surface area contributed by atoms with Crippen molar-refractivity contribution in [2.24, 2.45) is 17.8 Å². The summed E-state index contributed by atoms with van der Waals surface area (Å²) in [6.45, 7) is 9.14. The zero-order valence-corrected chi connectivity index (χ0v) is 17.2. The minimum atomic E-state index is -0.323. The number of hydrogen-bond acceptors (Lipinski definition) is 4. The Hall–Kier alpha value is 0.420. The third-order valence-electron chi connectivity index (χ3n) is 6.95. The molecule has 5 rings (SSSR count). The van der Waals surface area contributed by atoms with Crippen LogP contribution >= 0.6 is 24.8 Å². The molecule has 0 aromatic heterocycles. The van der Waals surface area contributed by atoms with Crippen LogP contribution in [0.1, 0.15) is 45.4 Å². The summed E-state index contributed by atoms with van der Waals surface area (Å²) in [5, 5.41) is 10.4. The van der Waals surface area contributed by atoms with Gasteiger partial charge in [0.05, 0.1) is 18.3 Å². The van der Waals surface area contributed by atoms with Crippen LogP contribution in [0.4, 0.5) is 0 Å². The van der Waals surface area contributed by atoms with Gasteiger partial charge in [-0.15, -0.1) is 24.8 Å². The lowest BCUT2D eigenvalue weighted by Crippen LogP contribution is -2.53. The lowest BCUT2D eigenvalue weighted by atomic mass is 9.54. The van der Waals surface area contributed by atoms with Gasteiger partial charge < -0.3 is 14.7 Å². The Morgan fingerprint density at radius 1 is 0.920 bits per heavy atom. The molecular weight excluding hydrogens is 359 g/mol. The molecule has 0 aromatic rings. The summed E-state index contributed by atoms with van der Waals surface area (Å²) in [6.07, 6.45) is 7.83. The fourth-order valence-electron chi connectivity index (χ4n) is 6.12. The monoisotopic (exact) mass is 394 g/mol. The SMILES string of the molecule is CCN1CCN(CC(O)COC23CC4CC(CC(C4)C2)C3)CC1.Cl.Cl. The van der Waals surface area contributed by atoms with Crippen LogP contribution in [0.15, 0.2) is 0 Å². The second-order valence-corrected chi connectivity index (χ2v) is 8.80. The van der Waals surface area contributed by atoms with Gasteiger partial charge in [0.25, 0.3) is 0 Å². The quantitative estimate of drug-likeness (QED) is 0.750. The van der Waals surface area contributed by atoms with E-state index in [4.69, 9.17) is 4.74 Å². The van der Waals surface area contributed by atoms with Gasteiger partial charge in [0, 0.05) is 32.7 Å². The molecule has 148 valence electrons. The fourth-order valence-corrected chi connectivity index (χ4v) is 6.12. The maximum atomic E-state index is 10.4. The van der Waals surface area contributed by atoms with E-state index in [1.54, 1.807) is 0 Å². The first kappa shape index (κ1) is 21.7. The van der Waals surface area contributed by atoms with E-state index in [-0.39, 0.29) is 36.5 Å². The Labute approximate surface area is 165 Å². The smallest absolute Gasteiger partial charge is 0.0900 e. The molecule has 1 heterocycles. The molecule has 5 aliphatic rings. The van der Waals surface area contributed by atoms with Crippen LogP contribution in [0.25, 0.3) is 0 Å². The van der Waals surface area contributed by atoms with Crippen molar-refractivity contribution in [1.29, 1.82) is 0 Å². The third-order valence-corrected chi connectivity index (χ3v) is 6.95. The van der Waals surface area contributed by atoms with Gasteiger partial charge in [-0.05, 0) is 62.8 Å². The number of hydrogen-bond donors (Lipinski definition) is 1. The van der Waals surface area contributed by atoms with Gasteiger partial charge in [0.2, 0.25) is 0 Å². The van der Waals surface area contributed by atoms with Crippen molar-refractivity contribution in [3.05, 3.63) is 0 Å². The summed E-state index contributed by atoms with van der Waals surface area (Å²) in [5.74, 6) is 2.75. The molecule has 1 unspecified atom stereocenters. The molecule has 0 aromatic carbocycles. The Morgan fingerprint density at radius 2 is 1.40 bits per heavy atom. The molecule has 0 amide bonds. The molecule has 4 aliphatic carbocycles. The highest BCUT2D eigenvalue weighted by atomic mass is 35.5. The maximum absolute atomic E-state index is 10.4. The lowest BCUT2D eigenvalue weighted by molar-refractivity contribution is -0.176. The number of nitrogens with zero attached hydrogens (tertiary/aromatic N) is 2. The van der Waals surface area contributed by atoms with Gasteiger partial charge in [-0.25, -0.2) is 0 Å². The summed E-state index contributed by atoms with van der Waals surface area (Å²) in [5.41, 5.74) is 0.136. The minimum absolute atomic E-state index is 0. The predicted molar refractivity (Wildman–Crippen MR) is 106 cm³/mol. The zero-order valence-electron chi connectivity index (χ0n) is 15.6. The topological polar surface area (TPSA) is 35.9 Å². The molecular formula is C19H36Cl2N2O2. The lowest BCUT2D eigenvalue weighted by Gasteiger charge is -2.56. The van der Waals surface area contributed by atoms with E-state index in [9.17, 15) is 5.11 Å². The number of β-amino-alcohol motifs (C(OH)–C–C–N with tert-alkyl or cyclic N) is 1. The number of halogens is 2. The summed E-state index contributed by atoms with van der Waals surface area (Å²) >= 11 is 0. The van der Waals surface area contributed by atoms with Crippen molar-refractivity contribution in [1.82, 2.24) is 9.80 Å². The van der Waals surface area contributed by atoms with Crippen molar-refractivity contribution in [3.63, 3.8) is 0 Å². The van der Waals surface area contributed by atoms with Gasteiger partial charge in [0.15, 0.2) is 0 Å². The van der Waals surface area contributed by atoms with E-state index in [1.165, 1.54) is 38.5 Å². The normalized spacial score (nSPS) is 38.9. The summed E-state index contributed by atoms with van der Waals surface area (Å²) < 4.78 is 6.40. The van der Waals surface area contributed by atoms with E-state index < -0.39 is 0 Å². The second-order valence-electron chi connectivity index (χ2n) is 8.80. The average molecular weight is 395 g/mol. The molecule has 1 atom stereocenters. The second kappa shape index (κ2) is 9.07. The van der Waals surface area contributed by atoms with Crippen molar-refractivity contribution < 1.29 is 9.84 Å². The number of aliphatic hydroxyl groups excluding tert-OH is 1. The average Bonchev–Trinajstić information content (AvgIpc) is 2.53. The number of likely N-dealkylation sites (N-methyl/N-ethyl adjacent to an activating group) is 1. The van der Waals surface area contributed by atoms with E-state index in [0.29, 0.717) is 6.61 Å². The summed E-state index contributed by atoms with van der Waals surface area (Å²) in [6, 6.07) is 0. The molecule has 4 nitrogen and oxygen atoms in total. The van der Waals surface area contributed by atoms with Crippen LogP contribution in [0.5, 0.6) is 0 Å². The van der Waals surface area contributed by atoms with Crippen molar-refractivity contribution in [2.45, 2.75) is 57.2 Å². The van der Waals surface area contributed by atoms with Crippen LogP contribution in [0, 0.1) is 17.8 Å². The minimum Gasteiger partial charge on any atom is -0.389 e. The van der Waals surface area contributed by atoms with E-state index in [2.05, 4.69) is 16.7 Å². The van der Waals surface area contributed by atoms with Gasteiger partial charge in [0.1, 0.15) is 0 Å². The molecule has 4 saturated carbocycles. The molecule has 0 spiro atoms. The molecule has 1 saturated heterocycles. The summed E-state index contributed by atoms with van der Waals surface area (Å²) in [4.78, 5) is 4.88. The molecule has 5 fully saturated rings.